The molecule has 0 aliphatic carbocycles. The van der Waals surface area contributed by atoms with Crippen LogP contribution in [0.4, 0.5) is 18.9 Å². The monoisotopic (exact) mass is 282 g/mol. The molecular weight excluding hydrogens is 269 g/mol. The highest BCUT2D eigenvalue weighted by molar-refractivity contribution is 7.89. The van der Waals surface area contributed by atoms with Crippen LogP contribution in [0.25, 0.3) is 0 Å². The van der Waals surface area contributed by atoms with Crippen molar-refractivity contribution in [3.05, 3.63) is 24.3 Å². The molecular formula is C10H13F3N2O2S. The smallest absolute Gasteiger partial charge is 0.374 e. The molecule has 0 amide bonds. The van der Waals surface area contributed by atoms with Crippen molar-refractivity contribution >= 4 is 15.7 Å². The lowest BCUT2D eigenvalue weighted by atomic mass is 10.2. The van der Waals surface area contributed by atoms with E-state index in [4.69, 9.17) is 0 Å². The maximum atomic E-state index is 12.3. The molecule has 0 bridgehead atoms. The molecule has 0 saturated heterocycles. The number of anilines is 1. The summed E-state index contributed by atoms with van der Waals surface area (Å²) in [4.78, 5) is -0.00443. The van der Waals surface area contributed by atoms with E-state index in [1.165, 1.54) is 31.3 Å². The van der Waals surface area contributed by atoms with E-state index in [2.05, 4.69) is 10.0 Å². The van der Waals surface area contributed by atoms with Crippen LogP contribution in [-0.2, 0) is 10.0 Å². The van der Waals surface area contributed by atoms with Crippen LogP contribution in [0.2, 0.25) is 0 Å². The van der Waals surface area contributed by atoms with E-state index < -0.39 is 22.2 Å². The first-order valence-corrected chi connectivity index (χ1v) is 6.52. The van der Waals surface area contributed by atoms with Gasteiger partial charge >= 0.3 is 6.18 Å². The predicted molar refractivity (Wildman–Crippen MR) is 61.8 cm³/mol. The van der Waals surface area contributed by atoms with Crippen LogP contribution in [0, 0.1) is 0 Å². The van der Waals surface area contributed by atoms with Crippen molar-refractivity contribution in [2.75, 3.05) is 12.4 Å². The highest BCUT2D eigenvalue weighted by Crippen LogP contribution is 2.23. The van der Waals surface area contributed by atoms with Gasteiger partial charge in [0.2, 0.25) is 10.0 Å². The minimum atomic E-state index is -4.35. The van der Waals surface area contributed by atoms with Crippen LogP contribution in [0.1, 0.15) is 6.92 Å². The molecule has 0 radical (unpaired) electrons. The summed E-state index contributed by atoms with van der Waals surface area (Å²) in [6.45, 7) is 0.984. The summed E-state index contributed by atoms with van der Waals surface area (Å²) in [5.41, 5.74) is 0.204. The van der Waals surface area contributed by atoms with Gasteiger partial charge in [0.15, 0.2) is 0 Å². The molecule has 102 valence electrons. The Morgan fingerprint density at radius 3 is 2.06 bits per heavy atom. The summed E-state index contributed by atoms with van der Waals surface area (Å²) in [6.07, 6.45) is -4.35. The van der Waals surface area contributed by atoms with Crippen LogP contribution < -0.4 is 10.0 Å². The number of nitrogens with one attached hydrogen (secondary N) is 2. The summed E-state index contributed by atoms with van der Waals surface area (Å²) >= 11 is 0. The van der Waals surface area contributed by atoms with E-state index in [1.807, 2.05) is 0 Å². The standard InChI is InChI=1S/C10H13F3N2O2S/c1-7(10(11,12)13)15-8-3-5-9(6-4-8)18(16,17)14-2/h3-7,14-15H,1-2H3. The first-order chi connectivity index (χ1) is 8.16. The van der Waals surface area contributed by atoms with Crippen molar-refractivity contribution in [2.45, 2.75) is 24.0 Å². The lowest BCUT2D eigenvalue weighted by molar-refractivity contribution is -0.138. The summed E-state index contributed by atoms with van der Waals surface area (Å²) in [6, 6.07) is 3.33. The Labute approximate surface area is 103 Å². The van der Waals surface area contributed by atoms with Gasteiger partial charge in [-0.05, 0) is 38.2 Å². The van der Waals surface area contributed by atoms with Gasteiger partial charge in [0.05, 0.1) is 4.90 Å². The second kappa shape index (κ2) is 5.15. The van der Waals surface area contributed by atoms with Gasteiger partial charge < -0.3 is 5.32 Å². The summed E-state index contributed by atoms with van der Waals surface area (Å²) in [7, 11) is -2.31. The molecule has 0 saturated carbocycles. The van der Waals surface area contributed by atoms with Gasteiger partial charge in [-0.3, -0.25) is 0 Å². The van der Waals surface area contributed by atoms with E-state index in [1.54, 1.807) is 0 Å². The minimum Gasteiger partial charge on any atom is -0.374 e. The number of benzene rings is 1. The molecule has 1 aromatic carbocycles. The molecule has 1 rings (SSSR count). The molecule has 0 spiro atoms. The minimum absolute atomic E-state index is 0.00443. The van der Waals surface area contributed by atoms with Gasteiger partial charge in [0.25, 0.3) is 0 Å². The van der Waals surface area contributed by atoms with Gasteiger partial charge in [0.1, 0.15) is 6.04 Å². The van der Waals surface area contributed by atoms with Crippen LogP contribution in [-0.4, -0.2) is 27.7 Å². The first-order valence-electron chi connectivity index (χ1n) is 5.03. The zero-order valence-corrected chi connectivity index (χ0v) is 10.6. The number of rotatable bonds is 4. The second-order valence-electron chi connectivity index (χ2n) is 3.64. The number of hydrogen-bond donors (Lipinski definition) is 2. The highest BCUT2D eigenvalue weighted by atomic mass is 32.2. The largest absolute Gasteiger partial charge is 0.408 e. The third-order valence-electron chi connectivity index (χ3n) is 2.31. The Morgan fingerprint density at radius 1 is 1.17 bits per heavy atom. The molecule has 4 nitrogen and oxygen atoms in total. The Morgan fingerprint density at radius 2 is 1.67 bits per heavy atom. The van der Waals surface area contributed by atoms with Crippen molar-refractivity contribution in [1.82, 2.24) is 4.72 Å². The van der Waals surface area contributed by atoms with Gasteiger partial charge in [-0.25, -0.2) is 13.1 Å². The molecule has 1 aromatic rings. The fourth-order valence-corrected chi connectivity index (χ4v) is 1.91. The summed E-state index contributed by atoms with van der Waals surface area (Å²) in [5, 5.41) is 2.24. The van der Waals surface area contributed by atoms with E-state index >= 15 is 0 Å². The molecule has 0 aliphatic heterocycles. The number of hydrogen-bond acceptors (Lipinski definition) is 3. The maximum absolute atomic E-state index is 12.3. The third-order valence-corrected chi connectivity index (χ3v) is 3.74. The van der Waals surface area contributed by atoms with E-state index in [0.29, 0.717) is 0 Å². The quantitative estimate of drug-likeness (QED) is 0.887. The Kier molecular flexibility index (Phi) is 4.23. The van der Waals surface area contributed by atoms with Crippen LogP contribution in [0.3, 0.4) is 0 Å². The predicted octanol–water partition coefficient (Wildman–Crippen LogP) is 1.96. The zero-order valence-electron chi connectivity index (χ0n) is 9.75. The van der Waals surface area contributed by atoms with Gasteiger partial charge in [-0.2, -0.15) is 13.2 Å². The summed E-state index contributed by atoms with van der Waals surface area (Å²) < 4.78 is 61.7. The molecule has 0 aromatic heterocycles. The number of sulfonamides is 1. The molecule has 0 aliphatic rings. The fraction of sp³-hybridized carbons (Fsp3) is 0.400. The normalized spacial score (nSPS) is 14.3. The molecule has 0 heterocycles. The molecule has 0 fully saturated rings. The Hall–Kier alpha value is -1.28. The average Bonchev–Trinajstić information content (AvgIpc) is 2.28. The lowest BCUT2D eigenvalue weighted by Crippen LogP contribution is -2.33. The zero-order chi connectivity index (χ0) is 14.0. The molecule has 18 heavy (non-hydrogen) atoms. The van der Waals surface area contributed by atoms with Crippen molar-refractivity contribution in [3.8, 4) is 0 Å². The highest BCUT2D eigenvalue weighted by Gasteiger charge is 2.35. The average molecular weight is 282 g/mol. The molecule has 8 heteroatoms. The first kappa shape index (κ1) is 14.8. The Bertz CT molecular complexity index is 497. The summed E-state index contributed by atoms with van der Waals surface area (Å²) in [5.74, 6) is 0. The van der Waals surface area contributed by atoms with E-state index in [9.17, 15) is 21.6 Å². The van der Waals surface area contributed by atoms with Crippen molar-refractivity contribution in [2.24, 2.45) is 0 Å². The van der Waals surface area contributed by atoms with Crippen molar-refractivity contribution < 1.29 is 21.6 Å². The molecule has 1 atom stereocenters. The number of halogens is 3. The van der Waals surface area contributed by atoms with E-state index in [0.717, 1.165) is 6.92 Å². The maximum Gasteiger partial charge on any atom is 0.408 e. The fourth-order valence-electron chi connectivity index (χ4n) is 1.18. The van der Waals surface area contributed by atoms with E-state index in [-0.39, 0.29) is 10.6 Å². The van der Waals surface area contributed by atoms with Gasteiger partial charge in [-0.15, -0.1) is 0 Å². The Balaban J connectivity index is 2.85. The van der Waals surface area contributed by atoms with Crippen LogP contribution in [0.5, 0.6) is 0 Å². The van der Waals surface area contributed by atoms with Crippen molar-refractivity contribution in [1.29, 1.82) is 0 Å². The topological polar surface area (TPSA) is 58.2 Å². The SMILES string of the molecule is CNS(=O)(=O)c1ccc(NC(C)C(F)(F)F)cc1. The van der Waals surface area contributed by atoms with Crippen LogP contribution >= 0.6 is 0 Å². The number of alkyl halides is 3. The molecule has 2 N–H and O–H groups in total. The van der Waals surface area contributed by atoms with Gasteiger partial charge in [0, 0.05) is 5.69 Å². The second-order valence-corrected chi connectivity index (χ2v) is 5.53. The van der Waals surface area contributed by atoms with Crippen molar-refractivity contribution in [3.63, 3.8) is 0 Å². The van der Waals surface area contributed by atoms with Crippen LogP contribution in [0.15, 0.2) is 29.2 Å². The van der Waals surface area contributed by atoms with Gasteiger partial charge in [-0.1, -0.05) is 0 Å². The lowest BCUT2D eigenvalue weighted by Gasteiger charge is -2.18. The molecule has 1 unspecified atom stereocenters. The third kappa shape index (κ3) is 3.61.